The van der Waals surface area contributed by atoms with Crippen LogP contribution in [0.3, 0.4) is 0 Å². The molecule has 1 aliphatic rings. The van der Waals surface area contributed by atoms with Gasteiger partial charge in [0.15, 0.2) is 11.5 Å². The topological polar surface area (TPSA) is 60.0 Å². The molecule has 166 valence electrons. The van der Waals surface area contributed by atoms with Gasteiger partial charge in [-0.3, -0.25) is 9.69 Å². The van der Waals surface area contributed by atoms with Crippen LogP contribution in [0.2, 0.25) is 0 Å². The highest BCUT2D eigenvalue weighted by atomic mass is 16.5. The Hall–Kier alpha value is -2.83. The van der Waals surface area contributed by atoms with Crippen LogP contribution in [0.15, 0.2) is 48.5 Å². The zero-order chi connectivity index (χ0) is 21.9. The molecule has 2 aromatic rings. The first-order chi connectivity index (χ1) is 15.2. The Balaban J connectivity index is 1.59. The van der Waals surface area contributed by atoms with Crippen LogP contribution in [0.1, 0.15) is 31.4 Å². The van der Waals surface area contributed by atoms with Gasteiger partial charge in [-0.2, -0.15) is 0 Å². The third kappa shape index (κ3) is 7.42. The average molecular weight is 425 g/mol. The highest BCUT2D eigenvalue weighted by Crippen LogP contribution is 2.29. The lowest BCUT2D eigenvalue weighted by molar-refractivity contribution is -0.111. The van der Waals surface area contributed by atoms with Crippen LogP contribution in [0.25, 0.3) is 6.08 Å². The summed E-state index contributed by atoms with van der Waals surface area (Å²) in [6, 6.07) is 13.7. The molecule has 0 radical (unpaired) electrons. The number of morpholine rings is 1. The molecule has 0 aromatic heterocycles. The first-order valence-corrected chi connectivity index (χ1v) is 11.0. The molecule has 1 amide bonds. The van der Waals surface area contributed by atoms with Gasteiger partial charge < -0.3 is 19.5 Å². The molecular formula is C25H32N2O4. The van der Waals surface area contributed by atoms with E-state index in [2.05, 4.69) is 23.2 Å². The van der Waals surface area contributed by atoms with Crippen LogP contribution in [0, 0.1) is 0 Å². The van der Waals surface area contributed by atoms with Gasteiger partial charge in [-0.1, -0.05) is 25.1 Å². The molecule has 0 unspecified atom stereocenters. The van der Waals surface area contributed by atoms with Crippen LogP contribution >= 0.6 is 0 Å². The van der Waals surface area contributed by atoms with Crippen molar-refractivity contribution < 1.29 is 19.0 Å². The van der Waals surface area contributed by atoms with Crippen LogP contribution in [-0.4, -0.2) is 50.3 Å². The predicted octanol–water partition coefficient (Wildman–Crippen LogP) is 4.36. The first kappa shape index (κ1) is 22.8. The Morgan fingerprint density at radius 1 is 1.10 bits per heavy atom. The van der Waals surface area contributed by atoms with Gasteiger partial charge in [-0.25, -0.2) is 0 Å². The molecule has 6 heteroatoms. The number of carbonyl (C=O) groups is 1. The van der Waals surface area contributed by atoms with E-state index in [9.17, 15) is 4.79 Å². The largest absolute Gasteiger partial charge is 0.490 e. The third-order valence-corrected chi connectivity index (χ3v) is 4.86. The highest BCUT2D eigenvalue weighted by Gasteiger charge is 2.11. The second kappa shape index (κ2) is 12.1. The summed E-state index contributed by atoms with van der Waals surface area (Å²) >= 11 is 0. The van der Waals surface area contributed by atoms with E-state index in [1.165, 1.54) is 11.6 Å². The minimum atomic E-state index is -0.173. The summed E-state index contributed by atoms with van der Waals surface area (Å²) in [7, 11) is 0. The van der Waals surface area contributed by atoms with Crippen molar-refractivity contribution in [3.05, 3.63) is 59.7 Å². The van der Waals surface area contributed by atoms with E-state index in [4.69, 9.17) is 14.2 Å². The van der Waals surface area contributed by atoms with Gasteiger partial charge in [0, 0.05) is 31.4 Å². The molecule has 2 aromatic carbocycles. The standard InChI is InChI=1S/C25H32N2O4/c1-3-14-31-23-10-8-20(18-24(23)30-4-2)9-11-25(28)26-22-7-5-6-21(17-22)19-27-12-15-29-16-13-27/h5-11,17-18H,3-4,12-16,19H2,1-2H3,(H,26,28)/b11-9+. The molecule has 1 N–H and O–H groups in total. The number of ether oxygens (including phenoxy) is 3. The number of hydrogen-bond acceptors (Lipinski definition) is 5. The highest BCUT2D eigenvalue weighted by molar-refractivity contribution is 6.02. The van der Waals surface area contributed by atoms with Gasteiger partial charge >= 0.3 is 0 Å². The van der Waals surface area contributed by atoms with E-state index in [0.29, 0.717) is 19.0 Å². The molecule has 1 heterocycles. The molecule has 0 spiro atoms. The molecule has 1 fully saturated rings. The third-order valence-electron chi connectivity index (χ3n) is 4.86. The van der Waals surface area contributed by atoms with E-state index < -0.39 is 0 Å². The summed E-state index contributed by atoms with van der Waals surface area (Å²) in [6.07, 6.45) is 4.24. The summed E-state index contributed by atoms with van der Waals surface area (Å²) in [6.45, 7) is 9.47. The maximum absolute atomic E-state index is 12.4. The number of rotatable bonds is 10. The second-order valence-corrected chi connectivity index (χ2v) is 7.40. The molecule has 1 aliphatic heterocycles. The molecular weight excluding hydrogens is 392 g/mol. The van der Waals surface area contributed by atoms with Crippen molar-refractivity contribution in [1.29, 1.82) is 0 Å². The molecule has 0 atom stereocenters. The number of nitrogens with zero attached hydrogens (tertiary/aromatic N) is 1. The summed E-state index contributed by atoms with van der Waals surface area (Å²) in [5.41, 5.74) is 2.84. The van der Waals surface area contributed by atoms with Gasteiger partial charge in [0.1, 0.15) is 0 Å². The predicted molar refractivity (Wildman–Crippen MR) is 124 cm³/mol. The summed E-state index contributed by atoms with van der Waals surface area (Å²) in [5, 5.41) is 2.94. The van der Waals surface area contributed by atoms with Crippen LogP contribution < -0.4 is 14.8 Å². The molecule has 1 saturated heterocycles. The van der Waals surface area contributed by atoms with Crippen molar-refractivity contribution in [3.63, 3.8) is 0 Å². The number of carbonyl (C=O) groups excluding carboxylic acids is 1. The van der Waals surface area contributed by atoms with Gasteiger partial charge in [0.25, 0.3) is 0 Å². The van der Waals surface area contributed by atoms with Crippen LogP contribution in [0.5, 0.6) is 11.5 Å². The number of hydrogen-bond donors (Lipinski definition) is 1. The lowest BCUT2D eigenvalue weighted by atomic mass is 10.1. The summed E-state index contributed by atoms with van der Waals surface area (Å²) in [5.74, 6) is 1.24. The van der Waals surface area contributed by atoms with Crippen molar-refractivity contribution >= 4 is 17.7 Å². The van der Waals surface area contributed by atoms with Gasteiger partial charge in [-0.05, 0) is 54.8 Å². The van der Waals surface area contributed by atoms with Crippen molar-refractivity contribution in [2.75, 3.05) is 44.8 Å². The fraction of sp³-hybridized carbons (Fsp3) is 0.400. The molecule has 0 aliphatic carbocycles. The Morgan fingerprint density at radius 3 is 2.71 bits per heavy atom. The van der Waals surface area contributed by atoms with Crippen molar-refractivity contribution in [1.82, 2.24) is 4.90 Å². The second-order valence-electron chi connectivity index (χ2n) is 7.40. The lowest BCUT2D eigenvalue weighted by Gasteiger charge is -2.26. The van der Waals surface area contributed by atoms with E-state index in [-0.39, 0.29) is 5.91 Å². The number of amides is 1. The molecule has 0 bridgehead atoms. The normalized spacial score (nSPS) is 14.5. The van der Waals surface area contributed by atoms with Gasteiger partial charge in [0.2, 0.25) is 5.91 Å². The Morgan fingerprint density at radius 2 is 1.94 bits per heavy atom. The molecule has 31 heavy (non-hydrogen) atoms. The smallest absolute Gasteiger partial charge is 0.248 e. The van der Waals surface area contributed by atoms with E-state index in [1.54, 1.807) is 6.08 Å². The quantitative estimate of drug-likeness (QED) is 0.575. The Labute approximate surface area is 184 Å². The molecule has 0 saturated carbocycles. The van der Waals surface area contributed by atoms with E-state index in [0.717, 1.165) is 56.3 Å². The first-order valence-electron chi connectivity index (χ1n) is 11.0. The monoisotopic (exact) mass is 424 g/mol. The number of anilines is 1. The number of nitrogens with one attached hydrogen (secondary N) is 1. The molecule has 3 rings (SSSR count). The summed E-state index contributed by atoms with van der Waals surface area (Å²) in [4.78, 5) is 14.8. The maximum atomic E-state index is 12.4. The fourth-order valence-corrected chi connectivity index (χ4v) is 3.35. The fourth-order valence-electron chi connectivity index (χ4n) is 3.35. The minimum Gasteiger partial charge on any atom is -0.490 e. The van der Waals surface area contributed by atoms with Gasteiger partial charge in [-0.15, -0.1) is 0 Å². The van der Waals surface area contributed by atoms with E-state index in [1.807, 2.05) is 43.3 Å². The zero-order valence-electron chi connectivity index (χ0n) is 18.4. The number of benzene rings is 2. The van der Waals surface area contributed by atoms with Crippen molar-refractivity contribution in [3.8, 4) is 11.5 Å². The Kier molecular flexibility index (Phi) is 8.94. The SMILES string of the molecule is CCCOc1ccc(/C=C/C(=O)Nc2cccc(CN3CCOCC3)c2)cc1OCC. The van der Waals surface area contributed by atoms with E-state index >= 15 is 0 Å². The minimum absolute atomic E-state index is 0.173. The zero-order valence-corrected chi connectivity index (χ0v) is 18.4. The molecule has 6 nitrogen and oxygen atoms in total. The Bertz CT molecular complexity index is 876. The maximum Gasteiger partial charge on any atom is 0.248 e. The lowest BCUT2D eigenvalue weighted by Crippen LogP contribution is -2.35. The summed E-state index contributed by atoms with van der Waals surface area (Å²) < 4.78 is 16.8. The van der Waals surface area contributed by atoms with Gasteiger partial charge in [0.05, 0.1) is 26.4 Å². The average Bonchev–Trinajstić information content (AvgIpc) is 2.78. The van der Waals surface area contributed by atoms with Crippen molar-refractivity contribution in [2.24, 2.45) is 0 Å². The van der Waals surface area contributed by atoms with Crippen LogP contribution in [0.4, 0.5) is 5.69 Å². The van der Waals surface area contributed by atoms with Crippen molar-refractivity contribution in [2.45, 2.75) is 26.8 Å². The van der Waals surface area contributed by atoms with Crippen LogP contribution in [-0.2, 0) is 16.1 Å².